The molecule has 0 saturated heterocycles. The largest absolute Gasteiger partial charge is 0.332 e. The van der Waals surface area contributed by atoms with Gasteiger partial charge in [-0.1, -0.05) is 35.9 Å². The molecule has 0 aliphatic carbocycles. The smallest absolute Gasteiger partial charge is 0.255 e. The SMILES string of the molecule is Cc1ccc(C(=O)C(C)N(C)C(=O)c2ccccc2Cl)cc1C. The molecule has 0 saturated carbocycles. The van der Waals surface area contributed by atoms with Crippen molar-refractivity contribution in [1.29, 1.82) is 0 Å². The molecule has 120 valence electrons. The lowest BCUT2D eigenvalue weighted by atomic mass is 9.99. The van der Waals surface area contributed by atoms with Gasteiger partial charge in [-0.3, -0.25) is 9.59 Å². The summed E-state index contributed by atoms with van der Waals surface area (Å²) in [6.07, 6.45) is 0. The molecule has 0 spiro atoms. The Labute approximate surface area is 141 Å². The average Bonchev–Trinajstić information content (AvgIpc) is 2.55. The minimum Gasteiger partial charge on any atom is -0.332 e. The minimum atomic E-state index is -0.569. The van der Waals surface area contributed by atoms with Gasteiger partial charge in [0, 0.05) is 12.6 Å². The Balaban J connectivity index is 2.23. The topological polar surface area (TPSA) is 37.4 Å². The van der Waals surface area contributed by atoms with E-state index in [0.717, 1.165) is 11.1 Å². The quantitative estimate of drug-likeness (QED) is 0.784. The highest BCUT2D eigenvalue weighted by Crippen LogP contribution is 2.19. The molecule has 4 heteroatoms. The van der Waals surface area contributed by atoms with Crippen LogP contribution in [0.15, 0.2) is 42.5 Å². The van der Waals surface area contributed by atoms with E-state index in [0.29, 0.717) is 16.1 Å². The number of Topliss-reactive ketones (excluding diaryl/α,β-unsaturated/α-hetero) is 1. The molecule has 1 atom stereocenters. The number of aryl methyl sites for hydroxylation is 2. The van der Waals surface area contributed by atoms with E-state index in [1.165, 1.54) is 4.90 Å². The summed E-state index contributed by atoms with van der Waals surface area (Å²) in [6, 6.07) is 11.9. The Hall–Kier alpha value is -2.13. The van der Waals surface area contributed by atoms with Gasteiger partial charge in [-0.2, -0.15) is 0 Å². The molecule has 2 aromatic carbocycles. The zero-order valence-electron chi connectivity index (χ0n) is 13.8. The number of nitrogens with zero attached hydrogens (tertiary/aromatic N) is 1. The molecule has 2 rings (SSSR count). The van der Waals surface area contributed by atoms with Crippen LogP contribution in [0, 0.1) is 13.8 Å². The Morgan fingerprint density at radius 1 is 1.04 bits per heavy atom. The maximum atomic E-state index is 12.6. The Morgan fingerprint density at radius 2 is 1.70 bits per heavy atom. The van der Waals surface area contributed by atoms with Crippen LogP contribution in [-0.4, -0.2) is 29.7 Å². The van der Waals surface area contributed by atoms with Gasteiger partial charge in [0.2, 0.25) is 0 Å². The van der Waals surface area contributed by atoms with Gasteiger partial charge in [0.1, 0.15) is 0 Å². The van der Waals surface area contributed by atoms with Crippen LogP contribution in [0.5, 0.6) is 0 Å². The summed E-state index contributed by atoms with van der Waals surface area (Å²) in [5.74, 6) is -0.351. The van der Waals surface area contributed by atoms with Crippen LogP contribution in [0.1, 0.15) is 38.8 Å². The fourth-order valence-corrected chi connectivity index (χ4v) is 2.53. The fourth-order valence-electron chi connectivity index (χ4n) is 2.31. The molecule has 0 fully saturated rings. The Morgan fingerprint density at radius 3 is 2.30 bits per heavy atom. The molecule has 0 heterocycles. The monoisotopic (exact) mass is 329 g/mol. The number of carbonyl (C=O) groups is 2. The van der Waals surface area contributed by atoms with Gasteiger partial charge in [-0.15, -0.1) is 0 Å². The third kappa shape index (κ3) is 3.62. The van der Waals surface area contributed by atoms with E-state index in [2.05, 4.69) is 0 Å². The molecular weight excluding hydrogens is 310 g/mol. The van der Waals surface area contributed by atoms with Crippen LogP contribution in [0.25, 0.3) is 0 Å². The lowest BCUT2D eigenvalue weighted by Crippen LogP contribution is -2.40. The van der Waals surface area contributed by atoms with Crippen molar-refractivity contribution in [2.24, 2.45) is 0 Å². The van der Waals surface area contributed by atoms with Crippen LogP contribution >= 0.6 is 11.6 Å². The molecule has 0 bridgehead atoms. The molecule has 0 aromatic heterocycles. The second-order valence-electron chi connectivity index (χ2n) is 5.74. The standard InChI is InChI=1S/C19H20ClNO2/c1-12-9-10-15(11-13(12)2)18(22)14(3)21(4)19(23)16-7-5-6-8-17(16)20/h5-11,14H,1-4H3. The van der Waals surface area contributed by atoms with Gasteiger partial charge in [-0.25, -0.2) is 0 Å². The Bertz CT molecular complexity index is 755. The molecule has 0 radical (unpaired) electrons. The molecule has 3 nitrogen and oxygen atoms in total. The number of halogens is 1. The Kier molecular flexibility index (Phi) is 5.22. The first kappa shape index (κ1) is 17.2. The molecule has 1 unspecified atom stereocenters. The fraction of sp³-hybridized carbons (Fsp3) is 0.263. The van der Waals surface area contributed by atoms with Crippen molar-refractivity contribution >= 4 is 23.3 Å². The number of amides is 1. The average molecular weight is 330 g/mol. The summed E-state index contributed by atoms with van der Waals surface area (Å²) in [5, 5.41) is 0.384. The highest BCUT2D eigenvalue weighted by Gasteiger charge is 2.25. The first-order chi connectivity index (χ1) is 10.8. The van der Waals surface area contributed by atoms with Crippen LogP contribution in [0.4, 0.5) is 0 Å². The predicted octanol–water partition coefficient (Wildman–Crippen LogP) is 4.30. The zero-order valence-corrected chi connectivity index (χ0v) is 14.5. The van der Waals surface area contributed by atoms with Crippen molar-refractivity contribution in [3.8, 4) is 0 Å². The second kappa shape index (κ2) is 6.97. The summed E-state index contributed by atoms with van der Waals surface area (Å²) in [5.41, 5.74) is 3.20. The molecule has 0 aliphatic rings. The van der Waals surface area contributed by atoms with E-state index in [1.807, 2.05) is 26.0 Å². The molecule has 23 heavy (non-hydrogen) atoms. The normalized spacial score (nSPS) is 11.9. The van der Waals surface area contributed by atoms with Gasteiger partial charge >= 0.3 is 0 Å². The predicted molar refractivity (Wildman–Crippen MR) is 93.3 cm³/mol. The molecular formula is C19H20ClNO2. The summed E-state index contributed by atoms with van der Waals surface area (Å²) in [4.78, 5) is 26.6. The van der Waals surface area contributed by atoms with Crippen molar-refractivity contribution in [2.45, 2.75) is 26.8 Å². The maximum Gasteiger partial charge on any atom is 0.255 e. The van der Waals surface area contributed by atoms with Crippen molar-refractivity contribution in [3.63, 3.8) is 0 Å². The highest BCUT2D eigenvalue weighted by atomic mass is 35.5. The first-order valence-corrected chi connectivity index (χ1v) is 7.84. The number of benzene rings is 2. The van der Waals surface area contributed by atoms with E-state index in [4.69, 9.17) is 11.6 Å². The molecule has 0 aliphatic heterocycles. The van der Waals surface area contributed by atoms with E-state index in [9.17, 15) is 9.59 Å². The van der Waals surface area contributed by atoms with E-state index >= 15 is 0 Å². The van der Waals surface area contributed by atoms with Crippen molar-refractivity contribution < 1.29 is 9.59 Å². The van der Waals surface area contributed by atoms with Crippen LogP contribution in [0.3, 0.4) is 0 Å². The third-order valence-electron chi connectivity index (χ3n) is 4.18. The third-order valence-corrected chi connectivity index (χ3v) is 4.51. The lowest BCUT2D eigenvalue weighted by molar-refractivity contribution is 0.0675. The number of rotatable bonds is 4. The van der Waals surface area contributed by atoms with Crippen molar-refractivity contribution in [1.82, 2.24) is 4.90 Å². The van der Waals surface area contributed by atoms with Crippen LogP contribution in [-0.2, 0) is 0 Å². The second-order valence-corrected chi connectivity index (χ2v) is 6.14. The summed E-state index contributed by atoms with van der Waals surface area (Å²) in [7, 11) is 1.62. The van der Waals surface area contributed by atoms with Crippen molar-refractivity contribution in [3.05, 3.63) is 69.7 Å². The summed E-state index contributed by atoms with van der Waals surface area (Å²) >= 11 is 6.07. The van der Waals surface area contributed by atoms with Crippen molar-refractivity contribution in [2.75, 3.05) is 7.05 Å². The number of ketones is 1. The van der Waals surface area contributed by atoms with E-state index < -0.39 is 6.04 Å². The van der Waals surface area contributed by atoms with Gasteiger partial charge in [0.15, 0.2) is 5.78 Å². The van der Waals surface area contributed by atoms with Gasteiger partial charge in [-0.05, 0) is 50.1 Å². The molecule has 1 amide bonds. The van der Waals surface area contributed by atoms with Crippen LogP contribution in [0.2, 0.25) is 5.02 Å². The van der Waals surface area contributed by atoms with Gasteiger partial charge in [0.25, 0.3) is 5.91 Å². The summed E-state index contributed by atoms with van der Waals surface area (Å²) in [6.45, 7) is 5.70. The van der Waals surface area contributed by atoms with E-state index in [1.54, 1.807) is 44.3 Å². The molecule has 2 aromatic rings. The highest BCUT2D eigenvalue weighted by molar-refractivity contribution is 6.33. The number of hydrogen-bond donors (Lipinski definition) is 0. The molecule has 0 N–H and O–H groups in total. The van der Waals surface area contributed by atoms with Crippen LogP contribution < -0.4 is 0 Å². The zero-order chi connectivity index (χ0) is 17.1. The number of carbonyl (C=O) groups excluding carboxylic acids is 2. The van der Waals surface area contributed by atoms with Gasteiger partial charge < -0.3 is 4.90 Å². The minimum absolute atomic E-state index is 0.0870. The first-order valence-electron chi connectivity index (χ1n) is 7.46. The van der Waals surface area contributed by atoms with Gasteiger partial charge in [0.05, 0.1) is 16.6 Å². The summed E-state index contributed by atoms with van der Waals surface area (Å²) < 4.78 is 0. The van der Waals surface area contributed by atoms with E-state index in [-0.39, 0.29) is 11.7 Å². The number of likely N-dealkylation sites (N-methyl/N-ethyl adjacent to an activating group) is 1. The maximum absolute atomic E-state index is 12.6. The number of hydrogen-bond acceptors (Lipinski definition) is 2. The lowest BCUT2D eigenvalue weighted by Gasteiger charge is -2.24.